The molecule has 0 aliphatic carbocycles. The van der Waals surface area contributed by atoms with Gasteiger partial charge in [-0.2, -0.15) is 0 Å². The largest absolute Gasteiger partial charge is 0.385 e. The number of nitrogens with zero attached hydrogens (tertiary/aromatic N) is 3. The van der Waals surface area contributed by atoms with Gasteiger partial charge in [-0.3, -0.25) is 4.98 Å². The lowest BCUT2D eigenvalue weighted by molar-refractivity contribution is 0.198. The molecule has 2 aromatic heterocycles. The van der Waals surface area contributed by atoms with Crippen LogP contribution in [0.5, 0.6) is 0 Å². The molecule has 2 aromatic carbocycles. The Morgan fingerprint density at radius 3 is 2.71 bits per heavy atom. The molecule has 4 rings (SSSR count). The molecule has 31 heavy (non-hydrogen) atoms. The first kappa shape index (κ1) is 21.0. The van der Waals surface area contributed by atoms with Crippen molar-refractivity contribution in [1.82, 2.24) is 15.0 Å². The molecular weight excluding hydrogens is 417 g/mol. The molecule has 0 unspecified atom stereocenters. The van der Waals surface area contributed by atoms with Gasteiger partial charge in [0.25, 0.3) is 0 Å². The number of methoxy groups -OCH3 is 1. The van der Waals surface area contributed by atoms with Crippen LogP contribution in [0.15, 0.2) is 60.9 Å². The molecule has 0 saturated carbocycles. The van der Waals surface area contributed by atoms with Gasteiger partial charge < -0.3 is 15.4 Å². The fourth-order valence-corrected chi connectivity index (χ4v) is 3.30. The number of benzene rings is 2. The lowest BCUT2D eigenvalue weighted by atomic mass is 10.1. The molecule has 0 saturated heterocycles. The Kier molecular flexibility index (Phi) is 6.54. The maximum Gasteiger partial charge on any atom is 0.163 e. The zero-order chi connectivity index (χ0) is 21.6. The smallest absolute Gasteiger partial charge is 0.163 e. The van der Waals surface area contributed by atoms with Crippen LogP contribution in [-0.2, 0) is 4.74 Å². The summed E-state index contributed by atoms with van der Waals surface area (Å²) in [4.78, 5) is 13.6. The number of anilines is 3. The maximum absolute atomic E-state index is 13.6. The van der Waals surface area contributed by atoms with Crippen LogP contribution in [0.4, 0.5) is 21.6 Å². The molecule has 2 heterocycles. The summed E-state index contributed by atoms with van der Waals surface area (Å²) >= 11 is 5.96. The van der Waals surface area contributed by atoms with Crippen LogP contribution in [0.3, 0.4) is 0 Å². The number of fused-ring (bicyclic) bond motifs is 1. The predicted molar refractivity (Wildman–Crippen MR) is 122 cm³/mol. The van der Waals surface area contributed by atoms with E-state index in [4.69, 9.17) is 26.3 Å². The van der Waals surface area contributed by atoms with Gasteiger partial charge >= 0.3 is 0 Å². The summed E-state index contributed by atoms with van der Waals surface area (Å²) in [6.45, 7) is 1.47. The molecule has 4 aromatic rings. The summed E-state index contributed by atoms with van der Waals surface area (Å²) in [5.74, 6) is 0.655. The first-order valence-electron chi connectivity index (χ1n) is 9.81. The topological polar surface area (TPSA) is 72.0 Å². The van der Waals surface area contributed by atoms with Gasteiger partial charge in [0.15, 0.2) is 5.82 Å². The monoisotopic (exact) mass is 437 g/mol. The van der Waals surface area contributed by atoms with Crippen molar-refractivity contribution in [2.75, 3.05) is 30.9 Å². The number of hydrogen-bond donors (Lipinski definition) is 2. The van der Waals surface area contributed by atoms with Gasteiger partial charge in [0.05, 0.1) is 10.5 Å². The highest BCUT2D eigenvalue weighted by molar-refractivity contribution is 6.31. The minimum absolute atomic E-state index is 0.0383. The van der Waals surface area contributed by atoms with Crippen molar-refractivity contribution in [1.29, 1.82) is 0 Å². The van der Waals surface area contributed by atoms with Crippen molar-refractivity contribution in [2.45, 2.75) is 6.42 Å². The van der Waals surface area contributed by atoms with Crippen molar-refractivity contribution in [2.24, 2.45) is 0 Å². The molecule has 0 aliphatic rings. The molecule has 0 radical (unpaired) electrons. The molecule has 0 bridgehead atoms. The SMILES string of the molecule is COCCCNc1ccc2nc(-c3cccnc3)nc(Nc3ccc(F)c(Cl)c3)c2c1. The zero-order valence-corrected chi connectivity index (χ0v) is 17.7. The average Bonchev–Trinajstić information content (AvgIpc) is 2.80. The van der Waals surface area contributed by atoms with E-state index in [9.17, 15) is 4.39 Å². The first-order chi connectivity index (χ1) is 15.1. The van der Waals surface area contributed by atoms with Crippen LogP contribution in [0.1, 0.15) is 6.42 Å². The number of hydrogen-bond acceptors (Lipinski definition) is 6. The third kappa shape index (κ3) is 5.07. The number of ether oxygens (including phenoxy) is 1. The second-order valence-electron chi connectivity index (χ2n) is 6.90. The second kappa shape index (κ2) is 9.68. The van der Waals surface area contributed by atoms with E-state index in [0.29, 0.717) is 23.9 Å². The minimum Gasteiger partial charge on any atom is -0.385 e. The Hall–Kier alpha value is -3.29. The van der Waals surface area contributed by atoms with Crippen LogP contribution < -0.4 is 10.6 Å². The minimum atomic E-state index is -0.474. The predicted octanol–water partition coefficient (Wildman–Crippen LogP) is 5.68. The maximum atomic E-state index is 13.6. The summed E-state index contributed by atoms with van der Waals surface area (Å²) in [6, 6.07) is 14.1. The Morgan fingerprint density at radius 1 is 1.06 bits per heavy atom. The number of rotatable bonds is 8. The van der Waals surface area contributed by atoms with Crippen molar-refractivity contribution in [3.8, 4) is 11.4 Å². The van der Waals surface area contributed by atoms with Gasteiger partial charge in [0.1, 0.15) is 11.6 Å². The molecule has 0 amide bonds. The molecule has 0 spiro atoms. The van der Waals surface area contributed by atoms with E-state index in [2.05, 4.69) is 15.6 Å². The Labute approximate surface area is 184 Å². The van der Waals surface area contributed by atoms with Gasteiger partial charge in [-0.05, 0) is 55.0 Å². The Morgan fingerprint density at radius 2 is 1.94 bits per heavy atom. The fraction of sp³-hybridized carbons (Fsp3) is 0.174. The summed E-state index contributed by atoms with van der Waals surface area (Å²) in [6.07, 6.45) is 4.31. The molecule has 0 aliphatic heterocycles. The third-order valence-electron chi connectivity index (χ3n) is 4.65. The van der Waals surface area contributed by atoms with Gasteiger partial charge in [0, 0.05) is 55.0 Å². The van der Waals surface area contributed by atoms with Crippen molar-refractivity contribution in [3.05, 3.63) is 71.8 Å². The van der Waals surface area contributed by atoms with Gasteiger partial charge in [-0.15, -0.1) is 0 Å². The van der Waals surface area contributed by atoms with Crippen LogP contribution in [-0.4, -0.2) is 35.2 Å². The molecular formula is C23H21ClFN5O. The van der Waals surface area contributed by atoms with E-state index in [1.54, 1.807) is 25.6 Å². The molecule has 158 valence electrons. The number of halogens is 2. The lowest BCUT2D eigenvalue weighted by Gasteiger charge is -2.13. The molecule has 6 nitrogen and oxygen atoms in total. The highest BCUT2D eigenvalue weighted by Gasteiger charge is 2.12. The van der Waals surface area contributed by atoms with E-state index in [1.165, 1.54) is 12.1 Å². The third-order valence-corrected chi connectivity index (χ3v) is 4.94. The average molecular weight is 438 g/mol. The van der Waals surface area contributed by atoms with Crippen molar-refractivity contribution in [3.63, 3.8) is 0 Å². The molecule has 0 atom stereocenters. The van der Waals surface area contributed by atoms with Crippen molar-refractivity contribution < 1.29 is 9.13 Å². The quantitative estimate of drug-likeness (QED) is 0.346. The van der Waals surface area contributed by atoms with E-state index in [1.807, 2.05) is 30.3 Å². The first-order valence-corrected chi connectivity index (χ1v) is 10.2. The van der Waals surface area contributed by atoms with E-state index in [-0.39, 0.29) is 5.02 Å². The molecule has 0 fully saturated rings. The standard InChI is InChI=1S/C23H21ClFN5O/c1-31-11-3-10-27-16-6-8-21-18(12-16)23(28-17-5-7-20(25)19(24)13-17)30-22(29-21)15-4-2-9-26-14-15/h2,4-9,12-14,27H,3,10-11H2,1H3,(H,28,29,30). The van der Waals surface area contributed by atoms with Crippen molar-refractivity contribution >= 4 is 39.7 Å². The summed E-state index contributed by atoms with van der Waals surface area (Å²) < 4.78 is 18.7. The zero-order valence-electron chi connectivity index (χ0n) is 16.9. The van der Waals surface area contributed by atoms with Crippen LogP contribution >= 0.6 is 11.6 Å². The highest BCUT2D eigenvalue weighted by Crippen LogP contribution is 2.30. The van der Waals surface area contributed by atoms with E-state index >= 15 is 0 Å². The van der Waals surface area contributed by atoms with Crippen LogP contribution in [0.2, 0.25) is 5.02 Å². The molecule has 8 heteroatoms. The van der Waals surface area contributed by atoms with Gasteiger partial charge in [-0.25, -0.2) is 14.4 Å². The summed E-state index contributed by atoms with van der Waals surface area (Å²) in [7, 11) is 1.69. The van der Waals surface area contributed by atoms with Gasteiger partial charge in [0.2, 0.25) is 0 Å². The van der Waals surface area contributed by atoms with E-state index in [0.717, 1.165) is 35.1 Å². The highest BCUT2D eigenvalue weighted by atomic mass is 35.5. The number of pyridine rings is 1. The fourth-order valence-electron chi connectivity index (χ4n) is 3.12. The molecule has 2 N–H and O–H groups in total. The second-order valence-corrected chi connectivity index (χ2v) is 7.30. The Balaban J connectivity index is 1.75. The summed E-state index contributed by atoms with van der Waals surface area (Å²) in [5.41, 5.74) is 3.14. The van der Waals surface area contributed by atoms with E-state index < -0.39 is 5.82 Å². The normalized spacial score (nSPS) is 10.9. The summed E-state index contributed by atoms with van der Waals surface area (Å²) in [5, 5.41) is 7.50. The number of nitrogens with one attached hydrogen (secondary N) is 2. The van der Waals surface area contributed by atoms with Gasteiger partial charge in [-0.1, -0.05) is 11.6 Å². The van der Waals surface area contributed by atoms with Crippen LogP contribution in [0.25, 0.3) is 22.3 Å². The van der Waals surface area contributed by atoms with Crippen LogP contribution in [0, 0.1) is 5.82 Å². The number of aromatic nitrogens is 3. The lowest BCUT2D eigenvalue weighted by Crippen LogP contribution is -2.05. The Bertz CT molecular complexity index is 1190.